The van der Waals surface area contributed by atoms with E-state index >= 15 is 0 Å². The van der Waals surface area contributed by atoms with E-state index in [4.69, 9.17) is 0 Å². The molecule has 2 atom stereocenters. The molecule has 0 spiro atoms. The quantitative estimate of drug-likeness (QED) is 0.887. The highest BCUT2D eigenvalue weighted by Crippen LogP contribution is 2.39. The molecule has 22 heavy (non-hydrogen) atoms. The van der Waals surface area contributed by atoms with Crippen molar-refractivity contribution < 1.29 is 10.2 Å². The molecule has 0 aliphatic carbocycles. The number of aliphatic hydroxyl groups excluding tert-OH is 1. The lowest BCUT2D eigenvalue weighted by molar-refractivity contribution is -0.153. The lowest BCUT2D eigenvalue weighted by Crippen LogP contribution is -2.58. The zero-order valence-electron chi connectivity index (χ0n) is 12.2. The van der Waals surface area contributed by atoms with E-state index in [-0.39, 0.29) is 0 Å². The van der Waals surface area contributed by atoms with Gasteiger partial charge in [-0.05, 0) is 11.1 Å². The van der Waals surface area contributed by atoms with Crippen molar-refractivity contribution in [3.63, 3.8) is 0 Å². The molecule has 0 aromatic heterocycles. The fourth-order valence-corrected chi connectivity index (χ4v) is 3.47. The minimum Gasteiger partial charge on any atom is -0.383 e. The molecular weight excluding hydrogens is 276 g/mol. The van der Waals surface area contributed by atoms with E-state index in [9.17, 15) is 10.2 Å². The fourth-order valence-electron chi connectivity index (χ4n) is 3.47. The van der Waals surface area contributed by atoms with Crippen LogP contribution in [0.25, 0.3) is 0 Å². The topological polar surface area (TPSA) is 56.1 Å². The third kappa shape index (κ3) is 1.88. The van der Waals surface area contributed by atoms with Crippen LogP contribution in [-0.4, -0.2) is 39.8 Å². The molecule has 0 saturated carbocycles. The number of hydrogen-bond acceptors (Lipinski definition) is 4. The van der Waals surface area contributed by atoms with Crippen LogP contribution in [0.3, 0.4) is 0 Å². The number of benzene rings is 2. The van der Waals surface area contributed by atoms with Gasteiger partial charge in [-0.25, -0.2) is 0 Å². The Morgan fingerprint density at radius 3 is 2.59 bits per heavy atom. The molecular formula is C18H18N2O2. The maximum atomic E-state index is 11.3. The molecule has 4 heteroatoms. The minimum atomic E-state index is -1.36. The van der Waals surface area contributed by atoms with E-state index in [1.807, 2.05) is 59.5 Å². The van der Waals surface area contributed by atoms with Crippen LogP contribution in [0.4, 0.5) is 0 Å². The zero-order chi connectivity index (χ0) is 15.2. The summed E-state index contributed by atoms with van der Waals surface area (Å²) in [5, 5.41) is 22.1. The average molecular weight is 294 g/mol. The summed E-state index contributed by atoms with van der Waals surface area (Å²) in [6.45, 7) is 1.28. The van der Waals surface area contributed by atoms with Gasteiger partial charge in [-0.3, -0.25) is 4.99 Å². The minimum absolute atomic E-state index is 0.387. The van der Waals surface area contributed by atoms with Crippen LogP contribution in [0.1, 0.15) is 22.8 Å². The van der Waals surface area contributed by atoms with Gasteiger partial charge < -0.3 is 15.1 Å². The highest BCUT2D eigenvalue weighted by Gasteiger charge is 2.48. The van der Waals surface area contributed by atoms with Gasteiger partial charge in [0.05, 0.1) is 6.54 Å². The van der Waals surface area contributed by atoms with Crippen molar-refractivity contribution in [3.05, 3.63) is 71.3 Å². The summed E-state index contributed by atoms with van der Waals surface area (Å²) in [6.07, 6.45) is -0.594. The van der Waals surface area contributed by atoms with Gasteiger partial charge >= 0.3 is 0 Å². The Balaban J connectivity index is 1.81. The third-order valence-corrected chi connectivity index (χ3v) is 4.57. The number of fused-ring (bicyclic) bond motifs is 3. The molecule has 112 valence electrons. The van der Waals surface area contributed by atoms with Crippen LogP contribution >= 0.6 is 0 Å². The van der Waals surface area contributed by atoms with Crippen LogP contribution in [0, 0.1) is 0 Å². The Labute approximate surface area is 129 Å². The SMILES string of the molecule is O[C@@H](c1ccccc1)[C@]1(O)Cc2ccccc2C2=NCCN21. The molecule has 0 amide bonds. The number of rotatable bonds is 2. The van der Waals surface area contributed by atoms with Gasteiger partial charge in [-0.15, -0.1) is 0 Å². The maximum Gasteiger partial charge on any atom is 0.173 e. The van der Waals surface area contributed by atoms with Crippen molar-refractivity contribution in [1.29, 1.82) is 0 Å². The normalized spacial score (nSPS) is 24.5. The summed E-state index contributed by atoms with van der Waals surface area (Å²) < 4.78 is 0. The van der Waals surface area contributed by atoms with Gasteiger partial charge in [-0.1, -0.05) is 54.6 Å². The van der Waals surface area contributed by atoms with E-state index < -0.39 is 11.8 Å². The predicted molar refractivity (Wildman–Crippen MR) is 84.6 cm³/mol. The highest BCUT2D eigenvalue weighted by molar-refractivity contribution is 6.02. The van der Waals surface area contributed by atoms with Crippen LogP contribution < -0.4 is 0 Å². The predicted octanol–water partition coefficient (Wildman–Crippen LogP) is 1.73. The Bertz CT molecular complexity index is 729. The van der Waals surface area contributed by atoms with Crippen LogP contribution in [0.5, 0.6) is 0 Å². The van der Waals surface area contributed by atoms with Crippen molar-refractivity contribution in [2.45, 2.75) is 18.2 Å². The second-order valence-corrected chi connectivity index (χ2v) is 5.88. The van der Waals surface area contributed by atoms with Crippen LogP contribution in [0.2, 0.25) is 0 Å². The number of nitrogens with zero attached hydrogens (tertiary/aromatic N) is 2. The Morgan fingerprint density at radius 1 is 1.05 bits per heavy atom. The lowest BCUT2D eigenvalue weighted by Gasteiger charge is -2.46. The van der Waals surface area contributed by atoms with Crippen molar-refractivity contribution in [2.75, 3.05) is 13.1 Å². The summed E-state index contributed by atoms with van der Waals surface area (Å²) in [6, 6.07) is 17.3. The van der Waals surface area contributed by atoms with Crippen molar-refractivity contribution in [3.8, 4) is 0 Å². The second kappa shape index (κ2) is 4.93. The van der Waals surface area contributed by atoms with E-state index in [0.717, 1.165) is 22.5 Å². The van der Waals surface area contributed by atoms with Gasteiger partial charge in [0.15, 0.2) is 5.72 Å². The van der Waals surface area contributed by atoms with E-state index in [0.29, 0.717) is 19.5 Å². The van der Waals surface area contributed by atoms with E-state index in [2.05, 4.69) is 4.99 Å². The molecule has 2 N–H and O–H groups in total. The highest BCUT2D eigenvalue weighted by atomic mass is 16.4. The molecule has 0 unspecified atom stereocenters. The molecule has 4 rings (SSSR count). The monoisotopic (exact) mass is 294 g/mol. The Morgan fingerprint density at radius 2 is 1.77 bits per heavy atom. The molecule has 2 heterocycles. The van der Waals surface area contributed by atoms with E-state index in [1.165, 1.54) is 0 Å². The molecule has 2 aromatic carbocycles. The first kappa shape index (κ1) is 13.5. The van der Waals surface area contributed by atoms with Crippen LogP contribution in [0.15, 0.2) is 59.6 Å². The van der Waals surface area contributed by atoms with Gasteiger partial charge in [0, 0.05) is 18.5 Å². The molecule has 2 aliphatic rings. The molecule has 0 saturated heterocycles. The summed E-state index contributed by atoms with van der Waals surface area (Å²) in [5.74, 6) is 0.791. The second-order valence-electron chi connectivity index (χ2n) is 5.88. The summed E-state index contributed by atoms with van der Waals surface area (Å²) >= 11 is 0. The van der Waals surface area contributed by atoms with Crippen molar-refractivity contribution >= 4 is 5.84 Å². The van der Waals surface area contributed by atoms with Crippen molar-refractivity contribution in [2.24, 2.45) is 4.99 Å². The summed E-state index contributed by atoms with van der Waals surface area (Å²) in [5.41, 5.74) is 1.45. The molecule has 2 aromatic rings. The zero-order valence-corrected chi connectivity index (χ0v) is 12.2. The van der Waals surface area contributed by atoms with Crippen LogP contribution in [-0.2, 0) is 6.42 Å². The molecule has 0 bridgehead atoms. The van der Waals surface area contributed by atoms with Gasteiger partial charge in [-0.2, -0.15) is 0 Å². The molecule has 4 nitrogen and oxygen atoms in total. The first-order chi connectivity index (χ1) is 10.7. The largest absolute Gasteiger partial charge is 0.383 e. The Hall–Kier alpha value is -2.17. The average Bonchev–Trinajstić information content (AvgIpc) is 3.06. The third-order valence-electron chi connectivity index (χ3n) is 4.57. The fraction of sp³-hybridized carbons (Fsp3) is 0.278. The Kier molecular flexibility index (Phi) is 3.03. The van der Waals surface area contributed by atoms with Gasteiger partial charge in [0.2, 0.25) is 0 Å². The maximum absolute atomic E-state index is 11.3. The number of hydrogen-bond donors (Lipinski definition) is 2. The molecule has 0 radical (unpaired) electrons. The van der Waals surface area contributed by atoms with Crippen molar-refractivity contribution in [1.82, 2.24) is 4.90 Å². The van der Waals surface area contributed by atoms with E-state index in [1.54, 1.807) is 0 Å². The first-order valence-corrected chi connectivity index (χ1v) is 7.56. The first-order valence-electron chi connectivity index (χ1n) is 7.56. The van der Waals surface area contributed by atoms with Gasteiger partial charge in [0.25, 0.3) is 0 Å². The smallest absolute Gasteiger partial charge is 0.173 e. The number of amidine groups is 1. The summed E-state index contributed by atoms with van der Waals surface area (Å²) in [7, 11) is 0. The molecule has 0 fully saturated rings. The van der Waals surface area contributed by atoms with Gasteiger partial charge in [0.1, 0.15) is 11.9 Å². The lowest BCUT2D eigenvalue weighted by atomic mass is 9.85. The number of aliphatic hydroxyl groups is 2. The molecule has 2 aliphatic heterocycles. The summed E-state index contributed by atoms with van der Waals surface area (Å²) in [4.78, 5) is 6.40. The number of aliphatic imine (C=N–C) groups is 1. The standard InChI is InChI=1S/C18H18N2O2/c21-16(13-6-2-1-3-7-13)18(22)12-14-8-4-5-9-15(14)17-19-10-11-20(17)18/h1-9,16,21-22H,10-12H2/t16-,18+/m0/s1.